The van der Waals surface area contributed by atoms with Crippen LogP contribution in [0.1, 0.15) is 0 Å². The van der Waals surface area contributed by atoms with Gasteiger partial charge in [-0.3, -0.25) is 0 Å². The number of para-hydroxylation sites is 1. The van der Waals surface area contributed by atoms with E-state index >= 15 is 0 Å². The van der Waals surface area contributed by atoms with E-state index < -0.39 is 8.07 Å². The topological polar surface area (TPSA) is 27.1 Å². The van der Waals surface area contributed by atoms with E-state index in [2.05, 4.69) is 37.4 Å². The van der Waals surface area contributed by atoms with Gasteiger partial charge in [-0.25, -0.2) is 4.68 Å². The average molecular weight is 280 g/mol. The zero-order valence-corrected chi connectivity index (χ0v) is 13.1. The zero-order valence-electron chi connectivity index (χ0n) is 11.2. The summed E-state index contributed by atoms with van der Waals surface area (Å²) in [5, 5.41) is 5.45. The van der Waals surface area contributed by atoms with Gasteiger partial charge in [0.15, 0.2) is 0 Å². The van der Waals surface area contributed by atoms with Crippen LogP contribution in [-0.2, 0) is 11.5 Å². The van der Waals surface area contributed by atoms with Gasteiger partial charge in [-0.1, -0.05) is 31.8 Å². The fourth-order valence-electron chi connectivity index (χ4n) is 1.75. The molecular formula is C13H20N2OSSi. The summed E-state index contributed by atoms with van der Waals surface area (Å²) in [6, 6.07) is 7.19. The van der Waals surface area contributed by atoms with E-state index in [0.29, 0.717) is 6.73 Å². The molecule has 5 heteroatoms. The van der Waals surface area contributed by atoms with Gasteiger partial charge in [0.25, 0.3) is 0 Å². The molecule has 0 aliphatic heterocycles. The first-order chi connectivity index (χ1) is 8.47. The number of benzene rings is 1. The molecule has 1 aromatic carbocycles. The van der Waals surface area contributed by atoms with Gasteiger partial charge in [-0.15, -0.1) is 12.6 Å². The standard InChI is InChI=1S/C13H20N2OSSi/c1-18(2,3)8-7-16-10-15-13-11(9-14-15)5-4-6-12(13)17/h4-6,9,17H,7-8,10H2,1-3H3. The van der Waals surface area contributed by atoms with Crippen molar-refractivity contribution in [2.75, 3.05) is 6.61 Å². The molecule has 0 bridgehead atoms. The normalized spacial score (nSPS) is 12.2. The van der Waals surface area contributed by atoms with E-state index in [1.54, 1.807) is 0 Å². The molecule has 0 atom stereocenters. The third-order valence-electron chi connectivity index (χ3n) is 2.85. The van der Waals surface area contributed by atoms with Crippen molar-refractivity contribution in [3.05, 3.63) is 24.4 Å². The first-order valence-electron chi connectivity index (χ1n) is 6.19. The minimum absolute atomic E-state index is 0.506. The van der Waals surface area contributed by atoms with Gasteiger partial charge in [0.2, 0.25) is 0 Å². The molecule has 0 aliphatic carbocycles. The van der Waals surface area contributed by atoms with E-state index in [4.69, 9.17) is 4.74 Å². The van der Waals surface area contributed by atoms with Crippen LogP contribution in [0.2, 0.25) is 25.7 Å². The highest BCUT2D eigenvalue weighted by atomic mass is 32.1. The summed E-state index contributed by atoms with van der Waals surface area (Å²) < 4.78 is 7.60. The van der Waals surface area contributed by atoms with E-state index in [-0.39, 0.29) is 0 Å². The number of rotatable bonds is 5. The summed E-state index contributed by atoms with van der Waals surface area (Å²) in [5.74, 6) is 0. The molecule has 2 aromatic rings. The van der Waals surface area contributed by atoms with Crippen LogP contribution in [0.5, 0.6) is 0 Å². The molecule has 0 amide bonds. The van der Waals surface area contributed by atoms with Gasteiger partial charge in [0, 0.05) is 25.0 Å². The van der Waals surface area contributed by atoms with Crippen LogP contribution in [0.15, 0.2) is 29.3 Å². The summed E-state index contributed by atoms with van der Waals surface area (Å²) in [7, 11) is -1.01. The van der Waals surface area contributed by atoms with Crippen LogP contribution < -0.4 is 0 Å². The van der Waals surface area contributed by atoms with Crippen molar-refractivity contribution < 1.29 is 4.74 Å². The molecule has 0 fully saturated rings. The minimum Gasteiger partial charge on any atom is -0.360 e. The fraction of sp³-hybridized carbons (Fsp3) is 0.462. The first-order valence-corrected chi connectivity index (χ1v) is 10.3. The molecule has 1 aromatic heterocycles. The Labute approximate surface area is 115 Å². The summed E-state index contributed by atoms with van der Waals surface area (Å²) in [4.78, 5) is 0.943. The quantitative estimate of drug-likeness (QED) is 0.514. The van der Waals surface area contributed by atoms with Crippen LogP contribution in [0.4, 0.5) is 0 Å². The maximum atomic E-state index is 5.72. The van der Waals surface area contributed by atoms with Crippen molar-refractivity contribution in [3.8, 4) is 0 Å². The summed E-state index contributed by atoms with van der Waals surface area (Å²) in [6.45, 7) is 8.37. The average Bonchev–Trinajstić information content (AvgIpc) is 2.68. The number of hydrogen-bond donors (Lipinski definition) is 1. The maximum Gasteiger partial charge on any atom is 0.140 e. The maximum absolute atomic E-state index is 5.72. The Morgan fingerprint density at radius 2 is 2.11 bits per heavy atom. The third-order valence-corrected chi connectivity index (χ3v) is 4.92. The number of fused-ring (bicyclic) bond motifs is 1. The lowest BCUT2D eigenvalue weighted by molar-refractivity contribution is 0.0814. The monoisotopic (exact) mass is 280 g/mol. The molecule has 0 radical (unpaired) electrons. The van der Waals surface area contributed by atoms with Crippen LogP contribution in [0, 0.1) is 0 Å². The summed E-state index contributed by atoms with van der Waals surface area (Å²) in [5.41, 5.74) is 1.05. The Balaban J connectivity index is 2.00. The fourth-order valence-corrected chi connectivity index (χ4v) is 2.84. The highest BCUT2D eigenvalue weighted by Gasteiger charge is 2.12. The van der Waals surface area contributed by atoms with Crippen molar-refractivity contribution in [3.63, 3.8) is 0 Å². The SMILES string of the molecule is C[Si](C)(C)CCOCn1ncc2cccc(S)c21. The number of ether oxygens (including phenoxy) is 1. The van der Waals surface area contributed by atoms with Gasteiger partial charge in [0.05, 0.1) is 11.7 Å². The molecule has 1 heterocycles. The molecule has 0 saturated heterocycles. The predicted octanol–water partition coefficient (Wildman–Crippen LogP) is 3.64. The van der Waals surface area contributed by atoms with Crippen LogP contribution in [0.3, 0.4) is 0 Å². The van der Waals surface area contributed by atoms with E-state index in [1.165, 1.54) is 6.04 Å². The Morgan fingerprint density at radius 3 is 2.83 bits per heavy atom. The van der Waals surface area contributed by atoms with Crippen molar-refractivity contribution in [1.82, 2.24) is 9.78 Å². The van der Waals surface area contributed by atoms with Crippen molar-refractivity contribution >= 4 is 31.6 Å². The highest BCUT2D eigenvalue weighted by molar-refractivity contribution is 7.80. The molecule has 0 spiro atoms. The lowest BCUT2D eigenvalue weighted by atomic mass is 10.2. The van der Waals surface area contributed by atoms with Gasteiger partial charge in [0.1, 0.15) is 6.73 Å². The van der Waals surface area contributed by atoms with Gasteiger partial charge in [-0.2, -0.15) is 5.10 Å². The van der Waals surface area contributed by atoms with Gasteiger partial charge in [-0.05, 0) is 12.1 Å². The highest BCUT2D eigenvalue weighted by Crippen LogP contribution is 2.21. The molecule has 0 N–H and O–H groups in total. The molecule has 2 rings (SSSR count). The van der Waals surface area contributed by atoms with Crippen LogP contribution >= 0.6 is 12.6 Å². The number of aromatic nitrogens is 2. The molecule has 18 heavy (non-hydrogen) atoms. The molecule has 0 unspecified atom stereocenters. The molecule has 0 aliphatic rings. The summed E-state index contributed by atoms with van der Waals surface area (Å²) >= 11 is 4.47. The Kier molecular flexibility index (Phi) is 4.14. The second kappa shape index (κ2) is 5.46. The van der Waals surface area contributed by atoms with Gasteiger partial charge >= 0.3 is 0 Å². The van der Waals surface area contributed by atoms with E-state index in [1.807, 2.05) is 29.1 Å². The molecule has 98 valence electrons. The number of nitrogens with zero attached hydrogens (tertiary/aromatic N) is 2. The Morgan fingerprint density at radius 1 is 1.33 bits per heavy atom. The van der Waals surface area contributed by atoms with Gasteiger partial charge < -0.3 is 4.74 Å². The lowest BCUT2D eigenvalue weighted by Crippen LogP contribution is -2.22. The second-order valence-corrected chi connectivity index (χ2v) is 11.8. The second-order valence-electron chi connectivity index (χ2n) is 5.71. The zero-order chi connectivity index (χ0) is 13.2. The Bertz CT molecular complexity index is 533. The third kappa shape index (κ3) is 3.37. The lowest BCUT2D eigenvalue weighted by Gasteiger charge is -2.15. The predicted molar refractivity (Wildman–Crippen MR) is 81.1 cm³/mol. The van der Waals surface area contributed by atoms with E-state index in [0.717, 1.165) is 22.4 Å². The minimum atomic E-state index is -1.01. The van der Waals surface area contributed by atoms with E-state index in [9.17, 15) is 0 Å². The smallest absolute Gasteiger partial charge is 0.140 e. The first kappa shape index (κ1) is 13.6. The van der Waals surface area contributed by atoms with Crippen molar-refractivity contribution in [1.29, 1.82) is 0 Å². The number of hydrogen-bond acceptors (Lipinski definition) is 3. The van der Waals surface area contributed by atoms with Crippen LogP contribution in [-0.4, -0.2) is 24.5 Å². The van der Waals surface area contributed by atoms with Crippen molar-refractivity contribution in [2.45, 2.75) is 37.3 Å². The molecule has 3 nitrogen and oxygen atoms in total. The molecule has 0 saturated carbocycles. The Hall–Kier alpha value is -0.783. The van der Waals surface area contributed by atoms with Crippen LogP contribution in [0.25, 0.3) is 10.9 Å². The van der Waals surface area contributed by atoms with Crippen molar-refractivity contribution in [2.24, 2.45) is 0 Å². The molecular weight excluding hydrogens is 260 g/mol. The summed E-state index contributed by atoms with van der Waals surface area (Å²) in [6.07, 6.45) is 1.86. The number of thiol groups is 1. The largest absolute Gasteiger partial charge is 0.360 e.